The molecule has 3 aromatic rings. The number of carbonyl (C=O) groups is 1. The quantitative estimate of drug-likeness (QED) is 0.507. The smallest absolute Gasteiger partial charge is 0.233 e. The Hall–Kier alpha value is -3.45. The Morgan fingerprint density at radius 2 is 1.68 bits per heavy atom. The first kappa shape index (κ1) is 22.3. The van der Waals surface area contributed by atoms with Gasteiger partial charge in [-0.05, 0) is 43.0 Å². The van der Waals surface area contributed by atoms with Gasteiger partial charge in [-0.3, -0.25) is 4.79 Å². The Bertz CT molecular complexity index is 1300. The fourth-order valence-corrected chi connectivity index (χ4v) is 5.16. The lowest BCUT2D eigenvalue weighted by molar-refractivity contribution is -0.116. The molecule has 0 bridgehead atoms. The Morgan fingerprint density at radius 1 is 1.00 bits per heavy atom. The summed E-state index contributed by atoms with van der Waals surface area (Å²) in [5.74, 6) is 1.93. The van der Waals surface area contributed by atoms with Gasteiger partial charge in [0.1, 0.15) is 5.75 Å². The molecule has 2 aliphatic rings. The van der Waals surface area contributed by atoms with Gasteiger partial charge in [0.2, 0.25) is 5.88 Å². The number of methoxy groups -OCH3 is 3. The maximum atomic E-state index is 13.7. The van der Waals surface area contributed by atoms with E-state index in [2.05, 4.69) is 10.5 Å². The number of hydrogen-bond donors (Lipinski definition) is 1. The van der Waals surface area contributed by atoms with Gasteiger partial charge in [0.15, 0.2) is 17.3 Å². The van der Waals surface area contributed by atoms with Crippen LogP contribution in [0.25, 0.3) is 0 Å². The number of anilines is 1. The second-order valence-corrected chi connectivity index (χ2v) is 8.93. The van der Waals surface area contributed by atoms with Gasteiger partial charge in [0.25, 0.3) is 0 Å². The molecule has 0 spiro atoms. The van der Waals surface area contributed by atoms with Gasteiger partial charge in [-0.25, -0.2) is 0 Å². The molecular weight excluding hydrogens is 456 g/mol. The molecule has 1 aromatic heterocycles. The maximum Gasteiger partial charge on any atom is 0.233 e. The van der Waals surface area contributed by atoms with Gasteiger partial charge in [0, 0.05) is 34.3 Å². The molecule has 0 unspecified atom stereocenters. The summed E-state index contributed by atoms with van der Waals surface area (Å²) in [5, 5.41) is 8.22. The molecule has 176 valence electrons. The number of nitrogens with one attached hydrogen (secondary N) is 1. The number of rotatable bonds is 5. The Labute approximate surface area is 202 Å². The summed E-state index contributed by atoms with van der Waals surface area (Å²) in [6, 6.07) is 11.3. The van der Waals surface area contributed by atoms with E-state index in [1.54, 1.807) is 27.4 Å². The van der Waals surface area contributed by atoms with Crippen molar-refractivity contribution in [2.75, 3.05) is 26.6 Å². The van der Waals surface area contributed by atoms with Crippen LogP contribution in [0.4, 0.5) is 5.88 Å². The highest BCUT2D eigenvalue weighted by molar-refractivity contribution is 6.30. The molecule has 1 N–H and O–H groups in total. The van der Waals surface area contributed by atoms with E-state index in [9.17, 15) is 4.79 Å². The second kappa shape index (κ2) is 8.72. The van der Waals surface area contributed by atoms with E-state index in [0.29, 0.717) is 52.3 Å². The third kappa shape index (κ3) is 3.60. The van der Waals surface area contributed by atoms with Crippen LogP contribution in [0, 0.1) is 6.92 Å². The minimum absolute atomic E-state index is 0.0366. The summed E-state index contributed by atoms with van der Waals surface area (Å²) in [6.07, 6.45) is 1.06. The number of aryl methyl sites for hydroxylation is 1. The first-order chi connectivity index (χ1) is 16.4. The van der Waals surface area contributed by atoms with Crippen molar-refractivity contribution < 1.29 is 23.5 Å². The zero-order valence-electron chi connectivity index (χ0n) is 19.4. The van der Waals surface area contributed by atoms with E-state index in [1.807, 2.05) is 37.3 Å². The van der Waals surface area contributed by atoms with E-state index >= 15 is 0 Å². The number of Topliss-reactive ketones (excluding diaryl/α,β-unsaturated/α-hetero) is 1. The molecule has 7 nitrogen and oxygen atoms in total. The zero-order valence-corrected chi connectivity index (χ0v) is 20.2. The number of allylic oxidation sites excluding steroid dienone is 2. The van der Waals surface area contributed by atoms with E-state index in [0.717, 1.165) is 22.4 Å². The lowest BCUT2D eigenvalue weighted by Crippen LogP contribution is -2.29. The molecule has 0 amide bonds. The van der Waals surface area contributed by atoms with Crippen LogP contribution < -0.4 is 19.5 Å². The highest BCUT2D eigenvalue weighted by atomic mass is 35.5. The first-order valence-corrected chi connectivity index (χ1v) is 11.4. The van der Waals surface area contributed by atoms with Crippen LogP contribution in [0.2, 0.25) is 5.02 Å². The van der Waals surface area contributed by atoms with Crippen molar-refractivity contribution in [1.29, 1.82) is 0 Å². The van der Waals surface area contributed by atoms with Crippen molar-refractivity contribution in [3.63, 3.8) is 0 Å². The molecule has 0 saturated heterocycles. The van der Waals surface area contributed by atoms with Gasteiger partial charge in [0.05, 0.1) is 38.5 Å². The van der Waals surface area contributed by atoms with Crippen molar-refractivity contribution >= 4 is 23.3 Å². The number of benzene rings is 2. The molecule has 2 atom stereocenters. The van der Waals surface area contributed by atoms with E-state index < -0.39 is 5.92 Å². The van der Waals surface area contributed by atoms with Gasteiger partial charge in [-0.15, -0.1) is 0 Å². The normalized spacial score (nSPS) is 19.3. The van der Waals surface area contributed by atoms with Gasteiger partial charge >= 0.3 is 0 Å². The van der Waals surface area contributed by atoms with Crippen molar-refractivity contribution in [3.8, 4) is 17.2 Å². The molecule has 0 fully saturated rings. The van der Waals surface area contributed by atoms with Crippen molar-refractivity contribution in [2.24, 2.45) is 0 Å². The summed E-state index contributed by atoms with van der Waals surface area (Å²) >= 11 is 6.07. The molecule has 1 aliphatic carbocycles. The lowest BCUT2D eigenvalue weighted by atomic mass is 9.72. The second-order valence-electron chi connectivity index (χ2n) is 8.49. The standard InChI is InChI=1S/C26H25ClN2O5/c1-13-23-24(17-11-21(32-3)22(33-4)12-20(17)31-2)25-18(28-26(23)34-29-13)9-15(10-19(25)30)14-5-7-16(27)8-6-14/h5-8,11-12,15,24,28H,9-10H2,1-4H3/t15-,24+/m1/s1. The highest BCUT2D eigenvalue weighted by Gasteiger charge is 2.42. The minimum atomic E-state index is -0.411. The fourth-order valence-electron chi connectivity index (χ4n) is 5.03. The van der Waals surface area contributed by atoms with Crippen LogP contribution in [0.3, 0.4) is 0 Å². The average molecular weight is 481 g/mol. The van der Waals surface area contributed by atoms with Crippen LogP contribution in [0.5, 0.6) is 17.2 Å². The molecule has 0 saturated carbocycles. The Morgan fingerprint density at radius 3 is 2.35 bits per heavy atom. The summed E-state index contributed by atoms with van der Waals surface area (Å²) in [7, 11) is 4.76. The van der Waals surface area contributed by atoms with E-state index in [4.69, 9.17) is 30.3 Å². The minimum Gasteiger partial charge on any atom is -0.496 e. The number of ketones is 1. The van der Waals surface area contributed by atoms with Crippen molar-refractivity contribution in [1.82, 2.24) is 5.16 Å². The Kier molecular flexibility index (Phi) is 5.73. The van der Waals surface area contributed by atoms with Gasteiger partial charge < -0.3 is 24.1 Å². The summed E-state index contributed by atoms with van der Waals surface area (Å²) in [6.45, 7) is 1.87. The summed E-state index contributed by atoms with van der Waals surface area (Å²) in [4.78, 5) is 13.7. The van der Waals surface area contributed by atoms with E-state index in [-0.39, 0.29) is 11.7 Å². The molecule has 2 aromatic carbocycles. The topological polar surface area (TPSA) is 82.8 Å². The largest absolute Gasteiger partial charge is 0.496 e. The van der Waals surface area contributed by atoms with Crippen LogP contribution in [0.15, 0.2) is 52.2 Å². The van der Waals surface area contributed by atoms with Gasteiger partial charge in [-0.1, -0.05) is 28.9 Å². The molecule has 8 heteroatoms. The van der Waals surface area contributed by atoms with Crippen LogP contribution >= 0.6 is 11.6 Å². The van der Waals surface area contributed by atoms with Crippen LogP contribution in [-0.2, 0) is 4.79 Å². The third-order valence-electron chi connectivity index (χ3n) is 6.65. The van der Waals surface area contributed by atoms with Crippen LogP contribution in [0.1, 0.15) is 47.1 Å². The number of hydrogen-bond acceptors (Lipinski definition) is 7. The number of fused-ring (bicyclic) bond motifs is 1. The lowest BCUT2D eigenvalue weighted by Gasteiger charge is -2.35. The van der Waals surface area contributed by atoms with Crippen molar-refractivity contribution in [3.05, 3.63) is 75.1 Å². The maximum absolute atomic E-state index is 13.7. The van der Waals surface area contributed by atoms with Crippen molar-refractivity contribution in [2.45, 2.75) is 31.6 Å². The summed E-state index contributed by atoms with van der Waals surface area (Å²) in [5.41, 5.74) is 4.94. The average Bonchev–Trinajstić information content (AvgIpc) is 3.22. The molecule has 1 aliphatic heterocycles. The highest BCUT2D eigenvalue weighted by Crippen LogP contribution is 2.52. The van der Waals surface area contributed by atoms with Gasteiger partial charge in [-0.2, -0.15) is 0 Å². The molecule has 34 heavy (non-hydrogen) atoms. The third-order valence-corrected chi connectivity index (χ3v) is 6.90. The van der Waals surface area contributed by atoms with Crippen LogP contribution in [-0.4, -0.2) is 32.3 Å². The monoisotopic (exact) mass is 480 g/mol. The SMILES string of the molecule is COc1cc(OC)c([C@@H]2C3=C(C[C@@H](c4ccc(Cl)cc4)CC3=O)Nc3onc(C)c32)cc1OC. The predicted octanol–water partition coefficient (Wildman–Crippen LogP) is 5.62. The molecule has 5 rings (SSSR count). The first-order valence-electron chi connectivity index (χ1n) is 11.0. The zero-order chi connectivity index (χ0) is 24.0. The summed E-state index contributed by atoms with van der Waals surface area (Å²) < 4.78 is 22.4. The van der Waals surface area contributed by atoms with E-state index in [1.165, 1.54) is 0 Å². The number of carbonyl (C=O) groups excluding carboxylic acids is 1. The fraction of sp³-hybridized carbons (Fsp3) is 0.308. The molecule has 0 radical (unpaired) electrons. The molecular formula is C26H25ClN2O5. The number of ether oxygens (including phenoxy) is 3. The molecule has 2 heterocycles. The number of aromatic nitrogens is 1. The predicted molar refractivity (Wildman–Crippen MR) is 128 cm³/mol. The Balaban J connectivity index is 1.67. The number of halogens is 1. The number of nitrogens with zero attached hydrogens (tertiary/aromatic N) is 1.